The minimum atomic E-state index is -1.53. The molecule has 8 atom stereocenters. The number of ether oxygens (including phenoxy) is 3. The third-order valence-corrected chi connectivity index (χ3v) is 15.0. The summed E-state index contributed by atoms with van der Waals surface area (Å²) in [4.78, 5) is 13.3. The quantitative estimate of drug-likeness (QED) is 0.0350. The zero-order valence-corrected chi connectivity index (χ0v) is 46.6. The van der Waals surface area contributed by atoms with Gasteiger partial charge in [-0.05, 0) is 29.4 Å². The van der Waals surface area contributed by atoms with E-state index in [4.69, 9.17) is 14.2 Å². The predicted molar refractivity (Wildman–Crippen MR) is 294 cm³/mol. The third kappa shape index (κ3) is 31.8. The highest BCUT2D eigenvalue weighted by Gasteiger charge is 2.46. The van der Waals surface area contributed by atoms with E-state index in [0.717, 1.165) is 44.1 Å². The van der Waals surface area contributed by atoms with Crippen molar-refractivity contribution in [1.29, 1.82) is 0 Å². The maximum Gasteiger partial charge on any atom is 0.220 e. The van der Waals surface area contributed by atoms with Crippen molar-refractivity contribution in [2.24, 2.45) is 0 Å². The molecule has 1 saturated heterocycles. The van der Waals surface area contributed by atoms with E-state index < -0.39 is 55.6 Å². The second kappa shape index (κ2) is 42.6. The van der Waals surface area contributed by atoms with E-state index in [2.05, 4.69) is 39.9 Å². The predicted octanol–water partition coefficient (Wildman–Crippen LogP) is 14.0. The standard InChI is InChI=1S/C61H113NO9/c1-6-8-10-12-14-16-18-20-21-22-23-24-25-26-27-28-29-30-32-34-36-38-40-42-55(65)62-52(56(66)53(64)41-39-37-35-33-31-19-17-15-13-11-9-7-2)49-70-60-58(68)57(67)59(54(47-63)71-60)69-48-50-43-45-51(46-44-50)61(3,4)5/h43-46,52-54,56-60,63-64,66-68H,6-42,47-49H2,1-5H3,(H,62,65)/t52-,53+,54+,56-,57+,58+,59-,60-/m0/s1. The van der Waals surface area contributed by atoms with Crippen molar-refractivity contribution < 1.29 is 44.5 Å². The van der Waals surface area contributed by atoms with E-state index >= 15 is 0 Å². The Bertz CT molecular complexity index is 1350. The molecule has 1 aliphatic heterocycles. The Morgan fingerprint density at radius 2 is 0.972 bits per heavy atom. The van der Waals surface area contributed by atoms with Gasteiger partial charge >= 0.3 is 0 Å². The van der Waals surface area contributed by atoms with Gasteiger partial charge in [-0.15, -0.1) is 0 Å². The highest BCUT2D eigenvalue weighted by atomic mass is 16.7. The molecule has 6 N–H and O–H groups in total. The molecular weight excluding hydrogens is 891 g/mol. The number of unbranched alkanes of at least 4 members (excludes halogenated alkanes) is 33. The summed E-state index contributed by atoms with van der Waals surface area (Å²) in [6.07, 6.45) is 36.4. The Morgan fingerprint density at radius 1 is 0.577 bits per heavy atom. The summed E-state index contributed by atoms with van der Waals surface area (Å²) in [5, 5.41) is 58.1. The Balaban J connectivity index is 1.74. The molecule has 1 aliphatic rings. The van der Waals surface area contributed by atoms with E-state index in [0.29, 0.717) is 12.8 Å². The van der Waals surface area contributed by atoms with Crippen molar-refractivity contribution in [3.8, 4) is 0 Å². The van der Waals surface area contributed by atoms with Crippen LogP contribution in [0.4, 0.5) is 0 Å². The van der Waals surface area contributed by atoms with Gasteiger partial charge in [0.15, 0.2) is 6.29 Å². The number of rotatable bonds is 47. The molecule has 0 saturated carbocycles. The lowest BCUT2D eigenvalue weighted by molar-refractivity contribution is -0.310. The molecule has 10 heteroatoms. The molecule has 1 aromatic carbocycles. The van der Waals surface area contributed by atoms with E-state index in [1.165, 1.54) is 192 Å². The fraction of sp³-hybridized carbons (Fsp3) is 0.885. The van der Waals surface area contributed by atoms with Crippen LogP contribution in [0.2, 0.25) is 0 Å². The Kier molecular flexibility index (Phi) is 39.3. The van der Waals surface area contributed by atoms with E-state index in [1.807, 2.05) is 24.3 Å². The van der Waals surface area contributed by atoms with Gasteiger partial charge in [0, 0.05) is 6.42 Å². The van der Waals surface area contributed by atoms with Gasteiger partial charge in [-0.1, -0.05) is 277 Å². The van der Waals surface area contributed by atoms with Gasteiger partial charge in [0.05, 0.1) is 32.0 Å². The molecule has 2 rings (SSSR count). The van der Waals surface area contributed by atoms with Crippen LogP contribution in [-0.4, -0.2) is 93.6 Å². The first-order valence-electron chi connectivity index (χ1n) is 30.0. The molecule has 0 bridgehead atoms. The summed E-state index contributed by atoms with van der Waals surface area (Å²) in [5.41, 5.74) is 2.05. The summed E-state index contributed by atoms with van der Waals surface area (Å²) in [7, 11) is 0. The van der Waals surface area contributed by atoms with Crippen molar-refractivity contribution in [2.75, 3.05) is 13.2 Å². The second-order valence-electron chi connectivity index (χ2n) is 22.7. The zero-order valence-electron chi connectivity index (χ0n) is 46.6. The Hall–Kier alpha value is -1.63. The SMILES string of the molecule is CCCCCCCCCCCCCCCCCCCCCCCCCC(=O)N[C@@H](CO[C@H]1O[C@H](CO)[C@H](OCc2ccc(C(C)(C)C)cc2)[C@H](O)[C@H]1O)[C@H](O)[C@H](O)CCCCCCCCCCCCCC. The fourth-order valence-corrected chi connectivity index (χ4v) is 10.1. The van der Waals surface area contributed by atoms with Gasteiger partial charge in [0.1, 0.15) is 30.5 Å². The zero-order chi connectivity index (χ0) is 51.8. The molecule has 416 valence electrons. The number of carbonyl (C=O) groups excluding carboxylic acids is 1. The van der Waals surface area contributed by atoms with Crippen LogP contribution in [-0.2, 0) is 31.0 Å². The number of aliphatic hydroxyl groups excluding tert-OH is 5. The van der Waals surface area contributed by atoms with Crippen LogP contribution in [0.15, 0.2) is 24.3 Å². The van der Waals surface area contributed by atoms with Crippen molar-refractivity contribution >= 4 is 5.91 Å². The molecule has 10 nitrogen and oxygen atoms in total. The van der Waals surface area contributed by atoms with E-state index in [9.17, 15) is 30.3 Å². The van der Waals surface area contributed by atoms with Crippen LogP contribution in [0.1, 0.15) is 283 Å². The van der Waals surface area contributed by atoms with Gasteiger partial charge in [-0.3, -0.25) is 4.79 Å². The van der Waals surface area contributed by atoms with Gasteiger partial charge in [0.2, 0.25) is 5.91 Å². The molecule has 1 aromatic rings. The first-order chi connectivity index (χ1) is 34.4. The minimum Gasteiger partial charge on any atom is -0.394 e. The lowest BCUT2D eigenvalue weighted by Crippen LogP contribution is -2.61. The van der Waals surface area contributed by atoms with Crippen molar-refractivity contribution in [2.45, 2.75) is 333 Å². The molecule has 1 heterocycles. The summed E-state index contributed by atoms with van der Waals surface area (Å²) < 4.78 is 17.9. The molecule has 0 radical (unpaired) electrons. The second-order valence-corrected chi connectivity index (χ2v) is 22.7. The number of benzene rings is 1. The van der Waals surface area contributed by atoms with Gasteiger partial charge in [-0.2, -0.15) is 0 Å². The molecule has 0 aromatic heterocycles. The van der Waals surface area contributed by atoms with Crippen molar-refractivity contribution in [3.05, 3.63) is 35.4 Å². The highest BCUT2D eigenvalue weighted by Crippen LogP contribution is 2.28. The van der Waals surface area contributed by atoms with Crippen LogP contribution in [0.3, 0.4) is 0 Å². The van der Waals surface area contributed by atoms with Crippen LogP contribution in [0, 0.1) is 0 Å². The van der Waals surface area contributed by atoms with Gasteiger partial charge in [0.25, 0.3) is 0 Å². The lowest BCUT2D eigenvalue weighted by Gasteiger charge is -2.42. The first-order valence-corrected chi connectivity index (χ1v) is 30.0. The van der Waals surface area contributed by atoms with Crippen molar-refractivity contribution in [3.63, 3.8) is 0 Å². The van der Waals surface area contributed by atoms with Gasteiger partial charge < -0.3 is 45.1 Å². The summed E-state index contributed by atoms with van der Waals surface area (Å²) in [6.45, 7) is 10.3. The molecule has 1 amide bonds. The monoisotopic (exact) mass is 1000 g/mol. The molecule has 0 unspecified atom stereocenters. The third-order valence-electron chi connectivity index (χ3n) is 15.0. The maximum absolute atomic E-state index is 13.3. The maximum atomic E-state index is 13.3. The van der Waals surface area contributed by atoms with Crippen LogP contribution < -0.4 is 5.32 Å². The number of amides is 1. The molecular formula is C61H113NO9. The molecule has 0 spiro atoms. The highest BCUT2D eigenvalue weighted by molar-refractivity contribution is 5.76. The average molecular weight is 1000 g/mol. The number of aliphatic hydroxyl groups is 5. The summed E-state index contributed by atoms with van der Waals surface area (Å²) >= 11 is 0. The lowest BCUT2D eigenvalue weighted by atomic mass is 9.87. The summed E-state index contributed by atoms with van der Waals surface area (Å²) in [5.74, 6) is -0.235. The number of carbonyl (C=O) groups is 1. The molecule has 71 heavy (non-hydrogen) atoms. The molecule has 1 fully saturated rings. The smallest absolute Gasteiger partial charge is 0.220 e. The Morgan fingerprint density at radius 3 is 1.37 bits per heavy atom. The first kappa shape index (κ1) is 65.5. The van der Waals surface area contributed by atoms with Gasteiger partial charge in [-0.25, -0.2) is 0 Å². The number of hydrogen-bond donors (Lipinski definition) is 6. The minimum absolute atomic E-state index is 0.000271. The normalized spacial score (nSPS) is 19.8. The van der Waals surface area contributed by atoms with Crippen LogP contribution in [0.25, 0.3) is 0 Å². The van der Waals surface area contributed by atoms with Crippen LogP contribution in [0.5, 0.6) is 0 Å². The van der Waals surface area contributed by atoms with E-state index in [1.54, 1.807) is 0 Å². The number of hydrogen-bond acceptors (Lipinski definition) is 9. The Labute approximate surface area is 436 Å². The van der Waals surface area contributed by atoms with E-state index in [-0.39, 0.29) is 24.5 Å². The summed E-state index contributed by atoms with van der Waals surface area (Å²) in [6, 6.07) is 7.02. The molecule has 0 aliphatic carbocycles. The number of nitrogens with one attached hydrogen (secondary N) is 1. The van der Waals surface area contributed by atoms with Crippen LogP contribution >= 0.6 is 0 Å². The van der Waals surface area contributed by atoms with Crippen molar-refractivity contribution in [1.82, 2.24) is 5.32 Å². The fourth-order valence-electron chi connectivity index (χ4n) is 10.1. The topological polar surface area (TPSA) is 158 Å². The largest absolute Gasteiger partial charge is 0.394 e. The average Bonchev–Trinajstić information content (AvgIpc) is 3.36.